The molecule has 0 saturated carbocycles. The Bertz CT molecular complexity index is 1140. The molecule has 6 nitrogen and oxygen atoms in total. The van der Waals surface area contributed by atoms with Crippen LogP contribution in [0.3, 0.4) is 0 Å². The Labute approximate surface area is 207 Å². The summed E-state index contributed by atoms with van der Waals surface area (Å²) in [6.45, 7) is 11.4. The van der Waals surface area contributed by atoms with Gasteiger partial charge in [0.15, 0.2) is 5.11 Å². The molecular formula is C27H36N4O2S. The molecule has 0 atom stereocenters. The molecule has 7 heteroatoms. The third kappa shape index (κ3) is 7.05. The van der Waals surface area contributed by atoms with Gasteiger partial charge in [0.25, 0.3) is 5.56 Å². The smallest absolute Gasteiger partial charge is 0.253 e. The molecule has 1 aromatic heterocycles. The minimum atomic E-state index is -0.0829. The number of nitrogens with one attached hydrogen (secondary N) is 2. The van der Waals surface area contributed by atoms with Crippen LogP contribution in [-0.4, -0.2) is 53.2 Å². The van der Waals surface area contributed by atoms with E-state index in [0.717, 1.165) is 60.4 Å². The maximum atomic E-state index is 12.8. The zero-order chi connectivity index (χ0) is 24.5. The summed E-state index contributed by atoms with van der Waals surface area (Å²) >= 11 is 5.78. The molecule has 182 valence electrons. The van der Waals surface area contributed by atoms with Crippen molar-refractivity contribution in [1.29, 1.82) is 0 Å². The fourth-order valence-electron chi connectivity index (χ4n) is 3.99. The molecule has 0 radical (unpaired) electrons. The lowest BCUT2D eigenvalue weighted by Gasteiger charge is -2.26. The van der Waals surface area contributed by atoms with Gasteiger partial charge in [-0.2, -0.15) is 0 Å². The summed E-state index contributed by atoms with van der Waals surface area (Å²) in [7, 11) is 1.66. The van der Waals surface area contributed by atoms with Crippen molar-refractivity contribution in [1.82, 2.24) is 20.1 Å². The number of ether oxygens (including phenoxy) is 1. The van der Waals surface area contributed by atoms with E-state index in [1.165, 1.54) is 0 Å². The van der Waals surface area contributed by atoms with Crippen LogP contribution in [0.1, 0.15) is 37.0 Å². The first-order chi connectivity index (χ1) is 16.4. The molecule has 0 unspecified atom stereocenters. The fourth-order valence-corrected chi connectivity index (χ4v) is 4.23. The summed E-state index contributed by atoms with van der Waals surface area (Å²) in [6, 6.07) is 16.0. The van der Waals surface area contributed by atoms with Gasteiger partial charge < -0.3 is 24.8 Å². The van der Waals surface area contributed by atoms with Gasteiger partial charge in [0.2, 0.25) is 0 Å². The highest BCUT2D eigenvalue weighted by atomic mass is 32.1. The van der Waals surface area contributed by atoms with E-state index in [4.69, 9.17) is 17.0 Å². The summed E-state index contributed by atoms with van der Waals surface area (Å²) in [4.78, 5) is 20.3. The predicted octanol–water partition coefficient (Wildman–Crippen LogP) is 4.45. The van der Waals surface area contributed by atoms with Gasteiger partial charge in [-0.3, -0.25) is 4.79 Å². The molecule has 0 aliphatic rings. The van der Waals surface area contributed by atoms with Crippen LogP contribution in [0.25, 0.3) is 10.9 Å². The second kappa shape index (κ2) is 12.5. The van der Waals surface area contributed by atoms with Crippen LogP contribution < -0.4 is 15.6 Å². The highest BCUT2D eigenvalue weighted by molar-refractivity contribution is 7.80. The summed E-state index contributed by atoms with van der Waals surface area (Å²) in [5, 5.41) is 5.09. The SMILES string of the molecule is CCN(CC)CCCNC(=S)N(Cc1ccc(OC)cc1)Cc1cc2cc(C)ccc2[nH]c1=O. The number of nitrogens with zero attached hydrogens (tertiary/aromatic N) is 2. The second-order valence-corrected chi connectivity index (χ2v) is 8.92. The van der Waals surface area contributed by atoms with Crippen LogP contribution in [0.15, 0.2) is 53.3 Å². The summed E-state index contributed by atoms with van der Waals surface area (Å²) in [5.74, 6) is 0.814. The molecule has 0 amide bonds. The number of rotatable bonds is 11. The van der Waals surface area contributed by atoms with Crippen molar-refractivity contribution in [2.24, 2.45) is 0 Å². The van der Waals surface area contributed by atoms with Crippen LogP contribution in [0.4, 0.5) is 0 Å². The van der Waals surface area contributed by atoms with Crippen molar-refractivity contribution in [2.45, 2.75) is 40.3 Å². The van der Waals surface area contributed by atoms with E-state index in [9.17, 15) is 4.79 Å². The maximum Gasteiger partial charge on any atom is 0.253 e. The van der Waals surface area contributed by atoms with Crippen molar-refractivity contribution in [3.8, 4) is 5.75 Å². The Morgan fingerprint density at radius 3 is 2.47 bits per heavy atom. The van der Waals surface area contributed by atoms with Crippen molar-refractivity contribution in [3.05, 3.63) is 75.6 Å². The Morgan fingerprint density at radius 1 is 1.06 bits per heavy atom. The highest BCUT2D eigenvalue weighted by Crippen LogP contribution is 2.17. The average Bonchev–Trinajstić information content (AvgIpc) is 2.84. The zero-order valence-corrected chi connectivity index (χ0v) is 21.5. The topological polar surface area (TPSA) is 60.6 Å². The number of H-pyrrole nitrogens is 1. The van der Waals surface area contributed by atoms with Crippen LogP contribution >= 0.6 is 12.2 Å². The molecule has 0 spiro atoms. The van der Waals surface area contributed by atoms with E-state index < -0.39 is 0 Å². The third-order valence-corrected chi connectivity index (χ3v) is 6.48. The lowest BCUT2D eigenvalue weighted by atomic mass is 10.1. The second-order valence-electron chi connectivity index (χ2n) is 8.53. The van der Waals surface area contributed by atoms with E-state index in [1.54, 1.807) is 7.11 Å². The highest BCUT2D eigenvalue weighted by Gasteiger charge is 2.14. The molecule has 1 heterocycles. The Balaban J connectivity index is 1.78. The van der Waals surface area contributed by atoms with Gasteiger partial charge in [-0.1, -0.05) is 37.6 Å². The molecule has 34 heavy (non-hydrogen) atoms. The minimum Gasteiger partial charge on any atom is -0.497 e. The number of hydrogen-bond acceptors (Lipinski definition) is 4. The van der Waals surface area contributed by atoms with Crippen molar-refractivity contribution >= 4 is 28.2 Å². The minimum absolute atomic E-state index is 0.0829. The number of aryl methyl sites for hydroxylation is 1. The molecule has 2 aromatic carbocycles. The van der Waals surface area contributed by atoms with Gasteiger partial charge in [0.1, 0.15) is 5.75 Å². The monoisotopic (exact) mass is 480 g/mol. The van der Waals surface area contributed by atoms with Crippen LogP contribution in [0.2, 0.25) is 0 Å². The molecule has 2 N–H and O–H groups in total. The van der Waals surface area contributed by atoms with Crippen LogP contribution in [-0.2, 0) is 13.1 Å². The van der Waals surface area contributed by atoms with E-state index in [0.29, 0.717) is 23.8 Å². The number of thiocarbonyl (C=S) groups is 1. The molecule has 3 rings (SSSR count). The lowest BCUT2D eigenvalue weighted by molar-refractivity contribution is 0.299. The van der Waals surface area contributed by atoms with E-state index in [-0.39, 0.29) is 5.56 Å². The normalized spacial score (nSPS) is 11.1. The van der Waals surface area contributed by atoms with Crippen LogP contribution in [0, 0.1) is 6.92 Å². The number of pyridine rings is 1. The lowest BCUT2D eigenvalue weighted by Crippen LogP contribution is -2.41. The number of fused-ring (bicyclic) bond motifs is 1. The first-order valence-electron chi connectivity index (χ1n) is 11.9. The Hall–Kier alpha value is -2.90. The number of methoxy groups -OCH3 is 1. The number of aromatic nitrogens is 1. The molecule has 0 aliphatic carbocycles. The molecular weight excluding hydrogens is 444 g/mol. The van der Waals surface area contributed by atoms with Crippen molar-refractivity contribution < 1.29 is 4.74 Å². The largest absolute Gasteiger partial charge is 0.497 e. The average molecular weight is 481 g/mol. The van der Waals surface area contributed by atoms with Crippen LogP contribution in [0.5, 0.6) is 5.75 Å². The first-order valence-corrected chi connectivity index (χ1v) is 12.3. The fraction of sp³-hybridized carbons (Fsp3) is 0.407. The van der Waals surface area contributed by atoms with Crippen molar-refractivity contribution in [3.63, 3.8) is 0 Å². The molecule has 0 bridgehead atoms. The van der Waals surface area contributed by atoms with Gasteiger partial charge in [-0.05, 0) is 86.5 Å². The van der Waals surface area contributed by atoms with Gasteiger partial charge in [-0.25, -0.2) is 0 Å². The third-order valence-electron chi connectivity index (χ3n) is 6.08. The van der Waals surface area contributed by atoms with Gasteiger partial charge >= 0.3 is 0 Å². The molecule has 3 aromatic rings. The summed E-state index contributed by atoms with van der Waals surface area (Å²) in [5.41, 5.74) is 3.71. The summed E-state index contributed by atoms with van der Waals surface area (Å²) in [6.07, 6.45) is 1.01. The van der Waals surface area contributed by atoms with Crippen molar-refractivity contribution in [2.75, 3.05) is 33.3 Å². The first kappa shape index (κ1) is 25.7. The maximum absolute atomic E-state index is 12.8. The van der Waals surface area contributed by atoms with Gasteiger partial charge in [0.05, 0.1) is 13.7 Å². The zero-order valence-electron chi connectivity index (χ0n) is 20.7. The predicted molar refractivity (Wildman–Crippen MR) is 145 cm³/mol. The molecule has 0 saturated heterocycles. The van der Waals surface area contributed by atoms with E-state index in [1.807, 2.05) is 42.5 Å². The van der Waals surface area contributed by atoms with E-state index in [2.05, 4.69) is 46.9 Å². The molecule has 0 aliphatic heterocycles. The Morgan fingerprint density at radius 2 is 1.79 bits per heavy atom. The van der Waals surface area contributed by atoms with Gasteiger partial charge in [0, 0.05) is 24.2 Å². The quantitative estimate of drug-likeness (QED) is 0.312. The Kier molecular flexibility index (Phi) is 9.48. The number of hydrogen-bond donors (Lipinski definition) is 2. The van der Waals surface area contributed by atoms with Gasteiger partial charge in [-0.15, -0.1) is 0 Å². The summed E-state index contributed by atoms with van der Waals surface area (Å²) < 4.78 is 5.29. The van der Waals surface area contributed by atoms with E-state index >= 15 is 0 Å². The number of aromatic amines is 1. The molecule has 0 fully saturated rings. The number of benzene rings is 2. The standard InChI is InChI=1S/C27H36N4O2S/c1-5-30(6-2)15-7-14-28-27(34)31(18-21-9-11-24(33-4)12-10-21)19-23-17-22-16-20(3)8-13-25(22)29-26(23)32/h8-13,16-17H,5-7,14-15,18-19H2,1-4H3,(H,28,34)(H,29,32).